The van der Waals surface area contributed by atoms with Gasteiger partial charge in [-0.1, -0.05) is 47.5 Å². The second kappa shape index (κ2) is 7.42. The first-order chi connectivity index (χ1) is 13.5. The second-order valence-electron chi connectivity index (χ2n) is 5.94. The van der Waals surface area contributed by atoms with E-state index in [9.17, 15) is 10.1 Å². The summed E-state index contributed by atoms with van der Waals surface area (Å²) in [5.41, 5.74) is 2.51. The quantitative estimate of drug-likeness (QED) is 0.236. The van der Waals surface area contributed by atoms with Gasteiger partial charge < -0.3 is 0 Å². The molecule has 0 bridgehead atoms. The molecule has 2 heterocycles. The summed E-state index contributed by atoms with van der Waals surface area (Å²) in [6.07, 6.45) is 3.45. The Bertz CT molecular complexity index is 1230. The third kappa shape index (κ3) is 3.47. The van der Waals surface area contributed by atoms with Gasteiger partial charge in [-0.15, -0.1) is 0 Å². The predicted octanol–water partition coefficient (Wildman–Crippen LogP) is 5.97. The van der Waals surface area contributed by atoms with Crippen molar-refractivity contribution < 1.29 is 4.92 Å². The highest BCUT2D eigenvalue weighted by Crippen LogP contribution is 2.33. The van der Waals surface area contributed by atoms with Crippen LogP contribution in [0.5, 0.6) is 0 Å². The van der Waals surface area contributed by atoms with Crippen LogP contribution in [0.25, 0.3) is 16.9 Å². The fourth-order valence-electron chi connectivity index (χ4n) is 2.80. The number of rotatable bonds is 4. The van der Waals surface area contributed by atoms with E-state index in [1.54, 1.807) is 36.5 Å². The Balaban J connectivity index is 1.87. The van der Waals surface area contributed by atoms with Gasteiger partial charge >= 0.3 is 0 Å². The summed E-state index contributed by atoms with van der Waals surface area (Å²) in [5.74, 6) is 0.544. The van der Waals surface area contributed by atoms with Crippen LogP contribution >= 0.6 is 23.2 Å². The van der Waals surface area contributed by atoms with E-state index in [2.05, 4.69) is 9.98 Å². The van der Waals surface area contributed by atoms with Crippen LogP contribution in [0, 0.1) is 10.1 Å². The molecule has 28 heavy (non-hydrogen) atoms. The van der Waals surface area contributed by atoms with Crippen molar-refractivity contribution in [2.75, 3.05) is 0 Å². The van der Waals surface area contributed by atoms with Crippen LogP contribution in [0.4, 0.5) is 11.5 Å². The number of non-ortho nitro benzene ring substituents is 1. The molecule has 4 aromatic rings. The molecular weight excluding hydrogens is 399 g/mol. The first kappa shape index (κ1) is 18.2. The number of fused-ring (bicyclic) bond motifs is 1. The fraction of sp³-hybridized carbons (Fsp3) is 0. The molecule has 0 aliphatic carbocycles. The molecule has 0 aliphatic rings. The number of imidazole rings is 1. The summed E-state index contributed by atoms with van der Waals surface area (Å²) in [5, 5.41) is 12.2. The van der Waals surface area contributed by atoms with Gasteiger partial charge in [0.15, 0.2) is 5.82 Å². The summed E-state index contributed by atoms with van der Waals surface area (Å²) in [6.45, 7) is 0. The van der Waals surface area contributed by atoms with Crippen molar-refractivity contribution in [2.45, 2.75) is 0 Å². The van der Waals surface area contributed by atoms with E-state index in [4.69, 9.17) is 23.2 Å². The monoisotopic (exact) mass is 410 g/mol. The van der Waals surface area contributed by atoms with Crippen molar-refractivity contribution in [3.05, 3.63) is 92.6 Å². The number of benzene rings is 2. The molecule has 0 spiro atoms. The van der Waals surface area contributed by atoms with Crippen molar-refractivity contribution in [3.63, 3.8) is 0 Å². The maximum Gasteiger partial charge on any atom is 0.270 e. The second-order valence-corrected chi connectivity index (χ2v) is 6.79. The third-order valence-electron chi connectivity index (χ3n) is 4.12. The van der Waals surface area contributed by atoms with E-state index in [0.29, 0.717) is 38.3 Å². The first-order valence-electron chi connectivity index (χ1n) is 8.24. The van der Waals surface area contributed by atoms with Crippen LogP contribution in [-0.2, 0) is 0 Å². The van der Waals surface area contributed by atoms with Crippen LogP contribution in [-0.4, -0.2) is 20.5 Å². The zero-order valence-electron chi connectivity index (χ0n) is 14.3. The molecular formula is C20H12Cl2N4O2. The minimum atomic E-state index is -0.435. The topological polar surface area (TPSA) is 72.8 Å². The molecule has 0 atom stereocenters. The summed E-state index contributed by atoms with van der Waals surface area (Å²) < 4.78 is 1.81. The lowest BCUT2D eigenvalue weighted by Crippen LogP contribution is -1.89. The number of nitrogens with zero attached hydrogens (tertiary/aromatic N) is 4. The first-order valence-corrected chi connectivity index (χ1v) is 8.99. The lowest BCUT2D eigenvalue weighted by molar-refractivity contribution is -0.384. The highest BCUT2D eigenvalue weighted by atomic mass is 35.5. The molecule has 0 unspecified atom stereocenters. The van der Waals surface area contributed by atoms with Crippen LogP contribution in [0.15, 0.2) is 71.9 Å². The third-order valence-corrected chi connectivity index (χ3v) is 4.69. The lowest BCUT2D eigenvalue weighted by Gasteiger charge is -2.02. The molecule has 0 saturated heterocycles. The molecule has 2 aromatic heterocycles. The smallest absolute Gasteiger partial charge is 0.270 e. The minimum Gasteiger partial charge on any atom is -0.284 e. The Kier molecular flexibility index (Phi) is 4.81. The number of pyridine rings is 1. The highest BCUT2D eigenvalue weighted by molar-refractivity contribution is 6.36. The summed E-state index contributed by atoms with van der Waals surface area (Å²) in [6, 6.07) is 17.0. The average molecular weight is 411 g/mol. The molecule has 138 valence electrons. The molecule has 0 saturated carbocycles. The van der Waals surface area contributed by atoms with Crippen LogP contribution in [0.1, 0.15) is 5.56 Å². The molecule has 0 radical (unpaired) electrons. The lowest BCUT2D eigenvalue weighted by atomic mass is 10.1. The Hall–Kier alpha value is -3.22. The van der Waals surface area contributed by atoms with Crippen LogP contribution in [0.3, 0.4) is 0 Å². The Morgan fingerprint density at radius 2 is 1.93 bits per heavy atom. The Morgan fingerprint density at radius 1 is 1.07 bits per heavy atom. The van der Waals surface area contributed by atoms with E-state index in [-0.39, 0.29) is 5.69 Å². The van der Waals surface area contributed by atoms with Crippen molar-refractivity contribution in [3.8, 4) is 11.3 Å². The summed E-state index contributed by atoms with van der Waals surface area (Å²) in [7, 11) is 0. The van der Waals surface area contributed by atoms with Gasteiger partial charge in [-0.25, -0.2) is 9.98 Å². The number of nitro benzene ring substituents is 1. The van der Waals surface area contributed by atoms with Gasteiger partial charge in [-0.2, -0.15) is 0 Å². The van der Waals surface area contributed by atoms with Crippen LogP contribution < -0.4 is 0 Å². The average Bonchev–Trinajstić information content (AvgIpc) is 3.06. The number of nitro groups is 1. The van der Waals surface area contributed by atoms with Crippen molar-refractivity contribution >= 4 is 46.6 Å². The molecule has 4 rings (SSSR count). The van der Waals surface area contributed by atoms with Gasteiger partial charge in [0, 0.05) is 40.7 Å². The number of hydrogen-bond acceptors (Lipinski definition) is 4. The summed E-state index contributed by atoms with van der Waals surface area (Å²) in [4.78, 5) is 19.9. The Morgan fingerprint density at radius 3 is 2.71 bits per heavy atom. The van der Waals surface area contributed by atoms with Gasteiger partial charge in [0.25, 0.3) is 5.69 Å². The Labute approximate surface area is 169 Å². The minimum absolute atomic E-state index is 0.00904. The fourth-order valence-corrected chi connectivity index (χ4v) is 3.26. The molecule has 8 heteroatoms. The van der Waals surface area contributed by atoms with Gasteiger partial charge in [-0.3, -0.25) is 14.5 Å². The standard InChI is InChI=1S/C20H12Cl2N4O2/c21-15-8-7-14(17(22)11-15)12-23-20-19(24-18-6-1-2-9-25(18)20)13-4-3-5-16(10-13)26(27)28/h1-12H. The number of aliphatic imine (C=N–C) groups is 1. The van der Waals surface area contributed by atoms with Crippen molar-refractivity contribution in [1.82, 2.24) is 9.38 Å². The zero-order chi connectivity index (χ0) is 19.7. The SMILES string of the molecule is O=[N+]([O-])c1cccc(-c2nc3ccccn3c2N=Cc2ccc(Cl)cc2Cl)c1. The molecule has 0 aliphatic heterocycles. The zero-order valence-corrected chi connectivity index (χ0v) is 15.8. The van der Waals surface area contributed by atoms with Gasteiger partial charge in [-0.05, 0) is 24.3 Å². The number of aromatic nitrogens is 2. The number of hydrogen-bond donors (Lipinski definition) is 0. The van der Waals surface area contributed by atoms with E-state index in [1.165, 1.54) is 12.1 Å². The molecule has 0 fully saturated rings. The number of halogens is 2. The van der Waals surface area contributed by atoms with E-state index >= 15 is 0 Å². The van der Waals surface area contributed by atoms with E-state index < -0.39 is 4.92 Å². The van der Waals surface area contributed by atoms with Gasteiger partial charge in [0.1, 0.15) is 11.3 Å². The molecule has 2 aromatic carbocycles. The van der Waals surface area contributed by atoms with Crippen molar-refractivity contribution in [2.24, 2.45) is 4.99 Å². The van der Waals surface area contributed by atoms with Gasteiger partial charge in [0.05, 0.1) is 9.95 Å². The van der Waals surface area contributed by atoms with Crippen LogP contribution in [0.2, 0.25) is 10.0 Å². The maximum absolute atomic E-state index is 11.1. The molecule has 6 nitrogen and oxygen atoms in total. The van der Waals surface area contributed by atoms with Gasteiger partial charge in [0.2, 0.25) is 0 Å². The largest absolute Gasteiger partial charge is 0.284 e. The molecule has 0 N–H and O–H groups in total. The van der Waals surface area contributed by atoms with Crippen molar-refractivity contribution in [1.29, 1.82) is 0 Å². The van der Waals surface area contributed by atoms with E-state index in [1.807, 2.05) is 28.8 Å². The highest BCUT2D eigenvalue weighted by Gasteiger charge is 2.16. The predicted molar refractivity (Wildman–Crippen MR) is 111 cm³/mol. The summed E-state index contributed by atoms with van der Waals surface area (Å²) >= 11 is 12.2. The normalized spacial score (nSPS) is 11.4. The van der Waals surface area contributed by atoms with E-state index in [0.717, 1.165) is 0 Å². The molecule has 0 amide bonds. The maximum atomic E-state index is 11.1.